The quantitative estimate of drug-likeness (QED) is 0.485. The topological polar surface area (TPSA) is 74.2 Å². The van der Waals surface area contributed by atoms with Gasteiger partial charge in [0.05, 0.1) is 19.8 Å². The number of methoxy groups -OCH3 is 2. The maximum absolute atomic E-state index is 11.1. The molecular formula is C15H24O6Si. The minimum atomic E-state index is -2.73. The van der Waals surface area contributed by atoms with E-state index in [0.29, 0.717) is 19.3 Å². The summed E-state index contributed by atoms with van der Waals surface area (Å²) >= 11 is 0. The Hall–Kier alpha value is -1.25. The van der Waals surface area contributed by atoms with E-state index in [2.05, 4.69) is 0 Å². The Morgan fingerprint density at radius 2 is 1.86 bits per heavy atom. The summed E-state index contributed by atoms with van der Waals surface area (Å²) in [6, 6.07) is 10.3. The number of ether oxygens (including phenoxy) is 2. The largest absolute Gasteiger partial charge is 0.479 e. The zero-order chi connectivity index (χ0) is 16.4. The van der Waals surface area contributed by atoms with Crippen LogP contribution in [0.3, 0.4) is 0 Å². The van der Waals surface area contributed by atoms with Gasteiger partial charge >= 0.3 is 14.5 Å². The van der Waals surface area contributed by atoms with Crippen molar-refractivity contribution in [3.05, 3.63) is 30.3 Å². The molecule has 7 heteroatoms. The van der Waals surface area contributed by atoms with E-state index in [1.165, 1.54) is 7.11 Å². The van der Waals surface area contributed by atoms with E-state index in [1.54, 1.807) is 7.11 Å². The molecule has 22 heavy (non-hydrogen) atoms. The number of carboxylic acids is 1. The molecule has 0 aliphatic heterocycles. The van der Waals surface area contributed by atoms with Gasteiger partial charge in [-0.2, -0.15) is 0 Å². The molecule has 0 fully saturated rings. The van der Waals surface area contributed by atoms with Gasteiger partial charge in [0, 0.05) is 14.2 Å². The van der Waals surface area contributed by atoms with Crippen molar-refractivity contribution in [2.45, 2.75) is 19.1 Å². The third-order valence-corrected chi connectivity index (χ3v) is 6.78. The van der Waals surface area contributed by atoms with Crippen LogP contribution in [-0.4, -0.2) is 59.8 Å². The molecule has 1 rings (SSSR count). The fourth-order valence-corrected chi connectivity index (χ4v) is 4.82. The zero-order valence-electron chi connectivity index (χ0n) is 13.3. The normalized spacial score (nSPS) is 15.2. The van der Waals surface area contributed by atoms with Gasteiger partial charge in [0.2, 0.25) is 0 Å². The highest BCUT2D eigenvalue weighted by Gasteiger charge is 2.39. The summed E-state index contributed by atoms with van der Waals surface area (Å²) in [6.45, 7) is 2.79. The van der Waals surface area contributed by atoms with Crippen LogP contribution in [0.1, 0.15) is 6.92 Å². The molecule has 0 radical (unpaired) electrons. The fraction of sp³-hybridized carbons (Fsp3) is 0.533. The SMILES string of the molecule is CC[Si](OCCOC)(OCC(OC)C(=O)O)c1ccccc1. The maximum atomic E-state index is 11.1. The highest BCUT2D eigenvalue weighted by Crippen LogP contribution is 2.15. The number of rotatable bonds is 11. The maximum Gasteiger partial charge on any atom is 0.372 e. The van der Waals surface area contributed by atoms with Gasteiger partial charge in [0.15, 0.2) is 6.10 Å². The molecule has 0 spiro atoms. The number of hydrogen-bond acceptors (Lipinski definition) is 5. The first-order valence-electron chi connectivity index (χ1n) is 7.17. The summed E-state index contributed by atoms with van der Waals surface area (Å²) in [4.78, 5) is 11.1. The Morgan fingerprint density at radius 3 is 2.36 bits per heavy atom. The molecule has 0 saturated heterocycles. The minimum Gasteiger partial charge on any atom is -0.479 e. The van der Waals surface area contributed by atoms with Crippen LogP contribution in [0, 0.1) is 0 Å². The Morgan fingerprint density at radius 1 is 1.18 bits per heavy atom. The van der Waals surface area contributed by atoms with Gasteiger partial charge in [0.25, 0.3) is 0 Å². The predicted octanol–water partition coefficient (Wildman–Crippen LogP) is 1.13. The second-order valence-electron chi connectivity index (χ2n) is 4.69. The second-order valence-corrected chi connectivity index (χ2v) is 8.05. The monoisotopic (exact) mass is 328 g/mol. The van der Waals surface area contributed by atoms with Gasteiger partial charge in [-0.15, -0.1) is 0 Å². The molecule has 0 amide bonds. The highest BCUT2D eigenvalue weighted by atomic mass is 28.4. The first kappa shape index (κ1) is 18.8. The lowest BCUT2D eigenvalue weighted by molar-refractivity contribution is -0.150. The van der Waals surface area contributed by atoms with Crippen LogP contribution in [0.5, 0.6) is 0 Å². The standard InChI is InChI=1S/C15H24O6Si/c1-4-22(20-11-10-18-2,13-8-6-5-7-9-13)21-12-14(19-3)15(16)17/h5-9,14H,4,10-12H2,1-3H3,(H,16,17). The van der Waals surface area contributed by atoms with E-state index in [0.717, 1.165) is 5.19 Å². The molecule has 0 aliphatic rings. The average Bonchev–Trinajstić information content (AvgIpc) is 2.54. The number of benzene rings is 1. The fourth-order valence-electron chi connectivity index (χ4n) is 2.05. The smallest absolute Gasteiger partial charge is 0.372 e. The van der Waals surface area contributed by atoms with E-state index in [4.69, 9.17) is 23.4 Å². The minimum absolute atomic E-state index is 0.0478. The van der Waals surface area contributed by atoms with Crippen LogP contribution in [-0.2, 0) is 23.1 Å². The average molecular weight is 328 g/mol. The van der Waals surface area contributed by atoms with Crippen LogP contribution in [0.15, 0.2) is 30.3 Å². The number of carboxylic acid groups (broad SMARTS) is 1. The molecule has 1 aromatic rings. The molecule has 1 N–H and O–H groups in total. The van der Waals surface area contributed by atoms with Crippen LogP contribution in [0.4, 0.5) is 0 Å². The lowest BCUT2D eigenvalue weighted by atomic mass is 10.4. The van der Waals surface area contributed by atoms with E-state index in [-0.39, 0.29) is 6.61 Å². The van der Waals surface area contributed by atoms with Crippen molar-refractivity contribution in [2.75, 3.05) is 34.0 Å². The summed E-state index contributed by atoms with van der Waals surface area (Å²) in [5, 5.41) is 10.0. The van der Waals surface area contributed by atoms with E-state index in [1.807, 2.05) is 37.3 Å². The van der Waals surface area contributed by atoms with Crippen molar-refractivity contribution in [1.29, 1.82) is 0 Å². The number of carbonyl (C=O) groups is 1. The van der Waals surface area contributed by atoms with Crippen LogP contribution >= 0.6 is 0 Å². The summed E-state index contributed by atoms with van der Waals surface area (Å²) in [6.07, 6.45) is -1.01. The Labute approximate surface area is 132 Å². The molecule has 0 heterocycles. The van der Waals surface area contributed by atoms with Crippen molar-refractivity contribution < 1.29 is 28.2 Å². The van der Waals surface area contributed by atoms with Crippen molar-refractivity contribution in [2.24, 2.45) is 0 Å². The van der Waals surface area contributed by atoms with Gasteiger partial charge < -0.3 is 23.4 Å². The van der Waals surface area contributed by atoms with Crippen molar-refractivity contribution in [1.82, 2.24) is 0 Å². The van der Waals surface area contributed by atoms with Crippen LogP contribution in [0.2, 0.25) is 6.04 Å². The van der Waals surface area contributed by atoms with Gasteiger partial charge in [-0.1, -0.05) is 37.3 Å². The molecular weight excluding hydrogens is 304 g/mol. The molecule has 0 bridgehead atoms. The summed E-state index contributed by atoms with van der Waals surface area (Å²) in [5.41, 5.74) is 0. The molecule has 6 nitrogen and oxygen atoms in total. The van der Waals surface area contributed by atoms with Crippen LogP contribution < -0.4 is 5.19 Å². The zero-order valence-corrected chi connectivity index (χ0v) is 14.3. The molecule has 1 aromatic carbocycles. The number of aliphatic carboxylic acids is 1. The molecule has 0 saturated carbocycles. The molecule has 2 unspecified atom stereocenters. The highest BCUT2D eigenvalue weighted by molar-refractivity contribution is 6.81. The third-order valence-electron chi connectivity index (χ3n) is 3.33. The van der Waals surface area contributed by atoms with E-state index < -0.39 is 20.6 Å². The molecule has 0 aliphatic carbocycles. The van der Waals surface area contributed by atoms with Crippen molar-refractivity contribution >= 4 is 19.7 Å². The second kappa shape index (κ2) is 9.70. The summed E-state index contributed by atoms with van der Waals surface area (Å²) in [7, 11) is 0.226. The Balaban J connectivity index is 2.91. The number of hydrogen-bond donors (Lipinski definition) is 1. The third kappa shape index (κ3) is 5.18. The molecule has 124 valence electrons. The molecule has 0 aromatic heterocycles. The van der Waals surface area contributed by atoms with Crippen LogP contribution in [0.25, 0.3) is 0 Å². The van der Waals surface area contributed by atoms with Gasteiger partial charge in [-0.25, -0.2) is 4.79 Å². The first-order chi connectivity index (χ1) is 10.6. The molecule has 2 atom stereocenters. The summed E-state index contributed by atoms with van der Waals surface area (Å²) < 4.78 is 22.0. The summed E-state index contributed by atoms with van der Waals surface area (Å²) in [5.74, 6) is -1.05. The van der Waals surface area contributed by atoms with Gasteiger partial charge in [0.1, 0.15) is 0 Å². The Bertz CT molecular complexity index is 441. The van der Waals surface area contributed by atoms with Crippen molar-refractivity contribution in [3.63, 3.8) is 0 Å². The van der Waals surface area contributed by atoms with Crippen molar-refractivity contribution in [3.8, 4) is 0 Å². The van der Waals surface area contributed by atoms with E-state index in [9.17, 15) is 4.79 Å². The van der Waals surface area contributed by atoms with Gasteiger partial charge in [-0.3, -0.25) is 0 Å². The predicted molar refractivity (Wildman–Crippen MR) is 84.5 cm³/mol. The lowest BCUT2D eigenvalue weighted by Gasteiger charge is -2.31. The van der Waals surface area contributed by atoms with E-state index >= 15 is 0 Å². The lowest BCUT2D eigenvalue weighted by Crippen LogP contribution is -2.55. The first-order valence-corrected chi connectivity index (χ1v) is 9.20. The Kier molecular flexibility index (Phi) is 8.29. The van der Waals surface area contributed by atoms with Gasteiger partial charge in [-0.05, 0) is 11.2 Å².